The molecule has 0 radical (unpaired) electrons. The molecule has 2 amide bonds. The van der Waals surface area contributed by atoms with Crippen LogP contribution in [0.25, 0.3) is 0 Å². The van der Waals surface area contributed by atoms with Gasteiger partial charge in [0, 0.05) is 49.6 Å². The molecular formula is C19H26ClN3O2. The van der Waals surface area contributed by atoms with Crippen molar-refractivity contribution in [2.75, 3.05) is 33.2 Å². The smallest absolute Gasteiger partial charge is 0.227 e. The minimum Gasteiger partial charge on any atom is -0.342 e. The average Bonchev–Trinajstić information content (AvgIpc) is 3.28. The topological polar surface area (TPSA) is 52.7 Å². The van der Waals surface area contributed by atoms with Crippen LogP contribution in [-0.4, -0.2) is 60.9 Å². The molecule has 2 fully saturated rings. The van der Waals surface area contributed by atoms with Crippen LogP contribution in [0, 0.1) is 5.92 Å². The summed E-state index contributed by atoms with van der Waals surface area (Å²) in [7, 11) is 1.94. The molecule has 2 aliphatic rings. The molecule has 0 spiro atoms. The van der Waals surface area contributed by atoms with E-state index in [2.05, 4.69) is 5.32 Å². The van der Waals surface area contributed by atoms with Gasteiger partial charge in [0.1, 0.15) is 0 Å². The third-order valence-corrected chi connectivity index (χ3v) is 5.75. The first-order valence-corrected chi connectivity index (χ1v) is 9.40. The van der Waals surface area contributed by atoms with Crippen molar-refractivity contribution in [3.05, 3.63) is 34.9 Å². The van der Waals surface area contributed by atoms with E-state index in [4.69, 9.17) is 11.6 Å². The van der Waals surface area contributed by atoms with E-state index in [0.717, 1.165) is 11.4 Å². The molecule has 0 aromatic heterocycles. The summed E-state index contributed by atoms with van der Waals surface area (Å²) in [5, 5.41) is 4.07. The van der Waals surface area contributed by atoms with E-state index in [0.29, 0.717) is 32.6 Å². The Hall–Kier alpha value is -1.59. The molecule has 2 saturated heterocycles. The van der Waals surface area contributed by atoms with Gasteiger partial charge in [-0.2, -0.15) is 0 Å². The number of amides is 2. The van der Waals surface area contributed by atoms with Gasteiger partial charge in [-0.15, -0.1) is 0 Å². The Balaban J connectivity index is 1.66. The number of likely N-dealkylation sites (N-methyl/N-ethyl adjacent to an activating group) is 1. The van der Waals surface area contributed by atoms with E-state index < -0.39 is 0 Å². The second-order valence-corrected chi connectivity index (χ2v) is 7.41. The van der Waals surface area contributed by atoms with Crippen molar-refractivity contribution in [3.63, 3.8) is 0 Å². The summed E-state index contributed by atoms with van der Waals surface area (Å²) in [6.07, 6.45) is 1.28. The van der Waals surface area contributed by atoms with Crippen molar-refractivity contribution in [2.24, 2.45) is 5.92 Å². The van der Waals surface area contributed by atoms with Gasteiger partial charge in [-0.05, 0) is 31.2 Å². The van der Waals surface area contributed by atoms with E-state index in [1.54, 1.807) is 0 Å². The Bertz CT molecular complexity index is 634. The zero-order chi connectivity index (χ0) is 18.0. The average molecular weight is 364 g/mol. The van der Waals surface area contributed by atoms with Crippen LogP contribution < -0.4 is 5.32 Å². The van der Waals surface area contributed by atoms with Crippen molar-refractivity contribution < 1.29 is 9.59 Å². The Morgan fingerprint density at radius 3 is 2.52 bits per heavy atom. The lowest BCUT2D eigenvalue weighted by molar-refractivity contribution is -0.134. The number of halogens is 1. The molecule has 5 nitrogen and oxygen atoms in total. The minimum absolute atomic E-state index is 0.0584. The van der Waals surface area contributed by atoms with Crippen molar-refractivity contribution in [1.29, 1.82) is 0 Å². The lowest BCUT2D eigenvalue weighted by Gasteiger charge is -2.21. The fourth-order valence-electron chi connectivity index (χ4n) is 3.99. The summed E-state index contributed by atoms with van der Waals surface area (Å²) in [5.74, 6) is 0.532. The highest BCUT2D eigenvalue weighted by Crippen LogP contribution is 2.30. The van der Waals surface area contributed by atoms with Crippen LogP contribution in [0.15, 0.2) is 24.3 Å². The standard InChI is InChI=1S/C19H26ClN3O2/c1-3-18(24)22-9-8-14(10-22)19(25)23-11-16(17(12-23)21-2)13-4-6-15(20)7-5-13/h4-7,14,16-17,21H,3,8-12H2,1-2H3/t14?,16-,17+/m0/s1. The largest absolute Gasteiger partial charge is 0.342 e. The van der Waals surface area contributed by atoms with Gasteiger partial charge in [-0.1, -0.05) is 30.7 Å². The normalized spacial score (nSPS) is 26.3. The first-order valence-electron chi connectivity index (χ1n) is 9.02. The van der Waals surface area contributed by atoms with E-state index in [9.17, 15) is 9.59 Å². The van der Waals surface area contributed by atoms with Gasteiger partial charge in [0.05, 0.1) is 5.92 Å². The minimum atomic E-state index is -0.0584. The highest BCUT2D eigenvalue weighted by atomic mass is 35.5. The first-order chi connectivity index (χ1) is 12.0. The van der Waals surface area contributed by atoms with Gasteiger partial charge in [0.2, 0.25) is 11.8 Å². The van der Waals surface area contributed by atoms with Crippen molar-refractivity contribution >= 4 is 23.4 Å². The number of nitrogens with one attached hydrogen (secondary N) is 1. The van der Waals surface area contributed by atoms with Gasteiger partial charge in [-0.25, -0.2) is 0 Å². The fourth-order valence-corrected chi connectivity index (χ4v) is 4.12. The Morgan fingerprint density at radius 2 is 1.88 bits per heavy atom. The lowest BCUT2D eigenvalue weighted by atomic mass is 9.94. The molecule has 1 N–H and O–H groups in total. The molecule has 6 heteroatoms. The van der Waals surface area contributed by atoms with Crippen LogP contribution in [0.4, 0.5) is 0 Å². The SMILES string of the molecule is CCC(=O)N1CCC(C(=O)N2C[C@@H](NC)[C@H](c3ccc(Cl)cc3)C2)C1. The molecule has 2 aliphatic heterocycles. The molecule has 0 bridgehead atoms. The van der Waals surface area contributed by atoms with Crippen LogP contribution in [0.1, 0.15) is 31.2 Å². The zero-order valence-electron chi connectivity index (χ0n) is 14.9. The molecule has 25 heavy (non-hydrogen) atoms. The summed E-state index contributed by atoms with van der Waals surface area (Å²) in [4.78, 5) is 28.6. The quantitative estimate of drug-likeness (QED) is 0.891. The van der Waals surface area contributed by atoms with E-state index in [-0.39, 0.29) is 29.7 Å². The molecule has 1 unspecified atom stereocenters. The predicted octanol–water partition coefficient (Wildman–Crippen LogP) is 2.11. The lowest BCUT2D eigenvalue weighted by Crippen LogP contribution is -2.38. The number of hydrogen-bond acceptors (Lipinski definition) is 3. The predicted molar refractivity (Wildman–Crippen MR) is 98.6 cm³/mol. The van der Waals surface area contributed by atoms with Crippen LogP contribution in [-0.2, 0) is 9.59 Å². The molecule has 136 valence electrons. The van der Waals surface area contributed by atoms with E-state index in [1.807, 2.05) is 48.0 Å². The third kappa shape index (κ3) is 3.82. The summed E-state index contributed by atoms with van der Waals surface area (Å²) in [5.41, 5.74) is 1.20. The number of carbonyl (C=O) groups excluding carboxylic acids is 2. The number of benzene rings is 1. The highest BCUT2D eigenvalue weighted by Gasteiger charge is 2.39. The Kier molecular flexibility index (Phi) is 5.64. The summed E-state index contributed by atoms with van der Waals surface area (Å²) in [6, 6.07) is 8.13. The van der Waals surface area contributed by atoms with Gasteiger partial charge in [-0.3, -0.25) is 9.59 Å². The van der Waals surface area contributed by atoms with Crippen molar-refractivity contribution in [3.8, 4) is 0 Å². The summed E-state index contributed by atoms with van der Waals surface area (Å²) >= 11 is 5.99. The maximum Gasteiger partial charge on any atom is 0.227 e. The number of hydrogen-bond donors (Lipinski definition) is 1. The van der Waals surface area contributed by atoms with E-state index in [1.165, 1.54) is 5.56 Å². The number of rotatable bonds is 4. The molecule has 1 aromatic carbocycles. The summed E-state index contributed by atoms with van der Waals surface area (Å²) in [6.45, 7) is 4.56. The van der Waals surface area contributed by atoms with Crippen LogP contribution in [0.3, 0.4) is 0 Å². The zero-order valence-corrected chi connectivity index (χ0v) is 15.6. The number of nitrogens with zero attached hydrogens (tertiary/aromatic N) is 2. The number of carbonyl (C=O) groups is 2. The molecule has 0 saturated carbocycles. The summed E-state index contributed by atoms with van der Waals surface area (Å²) < 4.78 is 0. The monoisotopic (exact) mass is 363 g/mol. The maximum atomic E-state index is 12.9. The third-order valence-electron chi connectivity index (χ3n) is 5.49. The fraction of sp³-hybridized carbons (Fsp3) is 0.579. The van der Waals surface area contributed by atoms with Gasteiger partial charge in [0.25, 0.3) is 0 Å². The van der Waals surface area contributed by atoms with Crippen molar-refractivity contribution in [2.45, 2.75) is 31.7 Å². The molecule has 3 rings (SSSR count). The molecule has 0 aliphatic carbocycles. The van der Waals surface area contributed by atoms with Crippen LogP contribution in [0.2, 0.25) is 5.02 Å². The second kappa shape index (κ2) is 7.75. The Morgan fingerprint density at radius 1 is 1.16 bits per heavy atom. The second-order valence-electron chi connectivity index (χ2n) is 6.98. The van der Waals surface area contributed by atoms with Crippen LogP contribution in [0.5, 0.6) is 0 Å². The van der Waals surface area contributed by atoms with Crippen LogP contribution >= 0.6 is 11.6 Å². The van der Waals surface area contributed by atoms with E-state index >= 15 is 0 Å². The van der Waals surface area contributed by atoms with Gasteiger partial charge in [0.15, 0.2) is 0 Å². The molecule has 3 atom stereocenters. The number of likely N-dealkylation sites (tertiary alicyclic amines) is 2. The maximum absolute atomic E-state index is 12.9. The van der Waals surface area contributed by atoms with Gasteiger partial charge < -0.3 is 15.1 Å². The molecular weight excluding hydrogens is 338 g/mol. The molecule has 2 heterocycles. The first kappa shape index (κ1) is 18.2. The van der Waals surface area contributed by atoms with Crippen molar-refractivity contribution in [1.82, 2.24) is 15.1 Å². The molecule has 1 aromatic rings. The van der Waals surface area contributed by atoms with Gasteiger partial charge >= 0.3 is 0 Å². The Labute approximate surface area is 154 Å². The highest BCUT2D eigenvalue weighted by molar-refractivity contribution is 6.30.